The summed E-state index contributed by atoms with van der Waals surface area (Å²) in [5, 5.41) is 11.9. The van der Waals surface area contributed by atoms with E-state index in [4.69, 9.17) is 21.4 Å². The number of aromatic carboxylic acids is 1. The van der Waals surface area contributed by atoms with Crippen molar-refractivity contribution in [3.05, 3.63) is 40.4 Å². The molecule has 0 spiro atoms. The Morgan fingerprint density at radius 3 is 2.64 bits per heavy atom. The van der Waals surface area contributed by atoms with Crippen LogP contribution in [0.1, 0.15) is 23.7 Å². The Bertz CT molecular complexity index is 672. The van der Waals surface area contributed by atoms with Gasteiger partial charge in [0.05, 0.1) is 18.2 Å². The Morgan fingerprint density at radius 2 is 2.09 bits per heavy atom. The maximum atomic E-state index is 11.8. The number of carbonyl (C=O) groups is 2. The van der Waals surface area contributed by atoms with Gasteiger partial charge in [0.25, 0.3) is 0 Å². The van der Waals surface area contributed by atoms with Gasteiger partial charge >= 0.3 is 5.97 Å². The second-order valence-electron chi connectivity index (χ2n) is 4.48. The predicted molar refractivity (Wildman–Crippen MR) is 83.9 cm³/mol. The van der Waals surface area contributed by atoms with Crippen molar-refractivity contribution in [1.82, 2.24) is 4.98 Å². The molecule has 0 fully saturated rings. The highest BCUT2D eigenvalue weighted by Gasteiger charge is 2.13. The lowest BCUT2D eigenvalue weighted by Crippen LogP contribution is -2.22. The summed E-state index contributed by atoms with van der Waals surface area (Å²) in [6.45, 7) is 1.75. The number of carbonyl (C=O) groups excluding carboxylic acids is 1. The molecule has 2 aromatic rings. The van der Waals surface area contributed by atoms with E-state index >= 15 is 0 Å². The molecule has 1 aromatic heterocycles. The Morgan fingerprint density at radius 1 is 1.41 bits per heavy atom. The van der Waals surface area contributed by atoms with Crippen molar-refractivity contribution in [2.45, 2.75) is 19.4 Å². The van der Waals surface area contributed by atoms with E-state index in [1.54, 1.807) is 19.1 Å². The number of benzene rings is 1. The Labute approximate surface area is 135 Å². The quantitative estimate of drug-likeness (QED) is 0.842. The number of amides is 1. The zero-order valence-electron chi connectivity index (χ0n) is 11.6. The van der Waals surface area contributed by atoms with Gasteiger partial charge in [-0.3, -0.25) is 4.79 Å². The normalized spacial score (nSPS) is 11.7. The van der Waals surface area contributed by atoms with Crippen LogP contribution in [-0.2, 0) is 4.79 Å². The average molecular weight is 341 g/mol. The molecule has 1 heterocycles. The number of anilines is 1. The van der Waals surface area contributed by atoms with E-state index in [-0.39, 0.29) is 24.0 Å². The number of nitrogens with one attached hydrogen (secondary N) is 1. The summed E-state index contributed by atoms with van der Waals surface area (Å²) in [4.78, 5) is 26.5. The summed E-state index contributed by atoms with van der Waals surface area (Å²) in [5.74, 6) is -0.732. The monoisotopic (exact) mass is 340 g/mol. The highest BCUT2D eigenvalue weighted by atomic mass is 35.5. The first-order chi connectivity index (χ1) is 10.4. The number of rotatable bonds is 6. The SMILES string of the molecule is CC(CC(=O)Nc1ncc(Cl)s1)Oc1ccc(C(=O)O)cc1. The number of hydrogen-bond donors (Lipinski definition) is 2. The standard InChI is InChI=1S/C14H13ClN2O4S/c1-8(6-12(18)17-14-16-7-11(15)22-14)21-10-4-2-9(3-5-10)13(19)20/h2-5,7-8H,6H2,1H3,(H,19,20)(H,16,17,18). The maximum Gasteiger partial charge on any atom is 0.335 e. The Balaban J connectivity index is 1.85. The third kappa shape index (κ3) is 4.71. The van der Waals surface area contributed by atoms with Gasteiger partial charge in [-0.1, -0.05) is 22.9 Å². The number of nitrogens with zero attached hydrogens (tertiary/aromatic N) is 1. The van der Waals surface area contributed by atoms with Crippen LogP contribution >= 0.6 is 22.9 Å². The molecule has 0 aliphatic rings. The summed E-state index contributed by atoms with van der Waals surface area (Å²) in [5.41, 5.74) is 0.179. The summed E-state index contributed by atoms with van der Waals surface area (Å²) >= 11 is 6.91. The van der Waals surface area contributed by atoms with Crippen LogP contribution in [0.4, 0.5) is 5.13 Å². The second kappa shape index (κ2) is 7.24. The molecule has 0 saturated heterocycles. The minimum Gasteiger partial charge on any atom is -0.490 e. The van der Waals surface area contributed by atoms with Gasteiger partial charge in [0.1, 0.15) is 16.2 Å². The first-order valence-corrected chi connectivity index (χ1v) is 7.54. The first kappa shape index (κ1) is 16.3. The molecular weight excluding hydrogens is 328 g/mol. The van der Waals surface area contributed by atoms with Crippen molar-refractivity contribution < 1.29 is 19.4 Å². The molecule has 0 bridgehead atoms. The van der Waals surface area contributed by atoms with Gasteiger partial charge in [-0.15, -0.1) is 0 Å². The lowest BCUT2D eigenvalue weighted by atomic mass is 10.2. The zero-order valence-corrected chi connectivity index (χ0v) is 13.1. The Hall–Kier alpha value is -2.12. The van der Waals surface area contributed by atoms with Crippen molar-refractivity contribution in [3.63, 3.8) is 0 Å². The zero-order chi connectivity index (χ0) is 16.1. The number of ether oxygens (including phenoxy) is 1. The van der Waals surface area contributed by atoms with Crippen molar-refractivity contribution in [2.24, 2.45) is 0 Å². The topological polar surface area (TPSA) is 88.5 Å². The van der Waals surface area contributed by atoms with Crippen molar-refractivity contribution in [3.8, 4) is 5.75 Å². The third-order valence-corrected chi connectivity index (χ3v) is 3.67. The van der Waals surface area contributed by atoms with Gasteiger partial charge in [-0.05, 0) is 31.2 Å². The van der Waals surface area contributed by atoms with Crippen molar-refractivity contribution in [2.75, 3.05) is 5.32 Å². The number of carboxylic acids is 1. The minimum atomic E-state index is -0.999. The number of hydrogen-bond acceptors (Lipinski definition) is 5. The van der Waals surface area contributed by atoms with E-state index in [0.717, 1.165) is 0 Å². The fourth-order valence-corrected chi connectivity index (χ4v) is 2.52. The molecule has 0 aliphatic heterocycles. The van der Waals surface area contributed by atoms with Crippen LogP contribution in [-0.4, -0.2) is 28.1 Å². The van der Waals surface area contributed by atoms with Crippen LogP contribution < -0.4 is 10.1 Å². The third-order valence-electron chi connectivity index (χ3n) is 2.64. The van der Waals surface area contributed by atoms with Gasteiger partial charge in [-0.2, -0.15) is 0 Å². The van der Waals surface area contributed by atoms with Crippen molar-refractivity contribution in [1.29, 1.82) is 0 Å². The van der Waals surface area contributed by atoms with E-state index < -0.39 is 5.97 Å². The van der Waals surface area contributed by atoms with Gasteiger partial charge in [-0.25, -0.2) is 9.78 Å². The molecule has 22 heavy (non-hydrogen) atoms. The Kier molecular flexibility index (Phi) is 5.35. The van der Waals surface area contributed by atoms with E-state index in [2.05, 4.69) is 10.3 Å². The number of thiazole rings is 1. The van der Waals surface area contributed by atoms with Crippen LogP contribution in [0.15, 0.2) is 30.5 Å². The summed E-state index contributed by atoms with van der Waals surface area (Å²) in [6, 6.07) is 6.00. The van der Waals surface area contributed by atoms with Crippen LogP contribution in [0, 0.1) is 0 Å². The molecule has 0 radical (unpaired) electrons. The minimum absolute atomic E-state index is 0.137. The maximum absolute atomic E-state index is 11.8. The molecule has 1 aromatic carbocycles. The fraction of sp³-hybridized carbons (Fsp3) is 0.214. The molecule has 0 aliphatic carbocycles. The molecule has 1 amide bonds. The van der Waals surface area contributed by atoms with Gasteiger partial charge in [0.2, 0.25) is 5.91 Å². The molecule has 2 rings (SSSR count). The number of aromatic nitrogens is 1. The lowest BCUT2D eigenvalue weighted by Gasteiger charge is -2.14. The highest BCUT2D eigenvalue weighted by Crippen LogP contribution is 2.23. The molecule has 2 N–H and O–H groups in total. The lowest BCUT2D eigenvalue weighted by molar-refractivity contribution is -0.117. The fourth-order valence-electron chi connectivity index (χ4n) is 1.69. The van der Waals surface area contributed by atoms with E-state index in [0.29, 0.717) is 15.2 Å². The van der Waals surface area contributed by atoms with Crippen LogP contribution in [0.3, 0.4) is 0 Å². The molecule has 6 nitrogen and oxygen atoms in total. The number of carboxylic acid groups (broad SMARTS) is 1. The molecule has 1 unspecified atom stereocenters. The largest absolute Gasteiger partial charge is 0.490 e. The average Bonchev–Trinajstić information content (AvgIpc) is 2.84. The number of halogens is 1. The predicted octanol–water partition coefficient (Wildman–Crippen LogP) is 3.29. The van der Waals surface area contributed by atoms with Gasteiger partial charge < -0.3 is 15.2 Å². The summed E-state index contributed by atoms with van der Waals surface area (Å²) < 4.78 is 6.06. The van der Waals surface area contributed by atoms with Gasteiger partial charge in [0.15, 0.2) is 5.13 Å². The van der Waals surface area contributed by atoms with Gasteiger partial charge in [0, 0.05) is 0 Å². The van der Waals surface area contributed by atoms with Crippen LogP contribution in [0.25, 0.3) is 0 Å². The van der Waals surface area contributed by atoms with Crippen LogP contribution in [0.2, 0.25) is 4.34 Å². The smallest absolute Gasteiger partial charge is 0.335 e. The first-order valence-electron chi connectivity index (χ1n) is 6.35. The highest BCUT2D eigenvalue weighted by molar-refractivity contribution is 7.19. The molecule has 1 atom stereocenters. The van der Waals surface area contributed by atoms with E-state index in [1.165, 1.54) is 29.7 Å². The van der Waals surface area contributed by atoms with Crippen molar-refractivity contribution >= 4 is 39.9 Å². The molecule has 116 valence electrons. The van der Waals surface area contributed by atoms with E-state index in [9.17, 15) is 9.59 Å². The molecular formula is C14H13ClN2O4S. The van der Waals surface area contributed by atoms with Crippen LogP contribution in [0.5, 0.6) is 5.75 Å². The second-order valence-corrected chi connectivity index (χ2v) is 6.14. The van der Waals surface area contributed by atoms with E-state index in [1.807, 2.05) is 0 Å². The summed E-state index contributed by atoms with van der Waals surface area (Å²) in [6.07, 6.45) is 1.23. The summed E-state index contributed by atoms with van der Waals surface area (Å²) in [7, 11) is 0. The molecule has 8 heteroatoms. The molecule has 0 saturated carbocycles.